The predicted molar refractivity (Wildman–Crippen MR) is 117 cm³/mol. The van der Waals surface area contributed by atoms with Gasteiger partial charge in [0, 0.05) is 23.6 Å². The minimum Gasteiger partial charge on any atom is -0.373 e. The van der Waals surface area contributed by atoms with Crippen molar-refractivity contribution in [3.05, 3.63) is 76.9 Å². The number of ether oxygens (including phenoxy) is 1. The van der Waals surface area contributed by atoms with Gasteiger partial charge < -0.3 is 4.74 Å². The molecule has 2 heterocycles. The second kappa shape index (κ2) is 8.17. The van der Waals surface area contributed by atoms with Gasteiger partial charge in [0.15, 0.2) is 0 Å². The van der Waals surface area contributed by atoms with E-state index in [9.17, 15) is 12.8 Å². The van der Waals surface area contributed by atoms with Gasteiger partial charge in [-0.3, -0.25) is 0 Å². The molecule has 0 amide bonds. The Balaban J connectivity index is 1.45. The molecule has 2 aromatic carbocycles. The highest BCUT2D eigenvalue weighted by Gasteiger charge is 2.28. The molecule has 1 N–H and O–H groups in total. The van der Waals surface area contributed by atoms with Gasteiger partial charge in [0.1, 0.15) is 11.5 Å². The van der Waals surface area contributed by atoms with Crippen LogP contribution in [0.1, 0.15) is 42.3 Å². The first-order valence-electron chi connectivity index (χ1n) is 10.5. The second-order valence-corrected chi connectivity index (χ2v) is 9.87. The maximum atomic E-state index is 13.4. The van der Waals surface area contributed by atoms with Gasteiger partial charge in [-0.05, 0) is 74.2 Å². The summed E-state index contributed by atoms with van der Waals surface area (Å²) in [6.45, 7) is 2.41. The van der Waals surface area contributed by atoms with E-state index in [-0.39, 0.29) is 22.9 Å². The third-order valence-corrected chi connectivity index (χ3v) is 7.08. The molecule has 164 valence electrons. The van der Waals surface area contributed by atoms with E-state index in [0.29, 0.717) is 24.3 Å². The molecule has 2 aliphatic rings. The highest BCUT2D eigenvalue weighted by atomic mass is 32.2. The van der Waals surface area contributed by atoms with E-state index in [0.717, 1.165) is 29.8 Å². The lowest BCUT2D eigenvalue weighted by molar-refractivity contribution is 0.0397. The summed E-state index contributed by atoms with van der Waals surface area (Å²) in [6.07, 6.45) is 2.51. The smallest absolute Gasteiger partial charge is 0.240 e. The molecule has 1 aliphatic heterocycles. The fraction of sp³-hybridized carbons (Fsp3) is 0.292. The number of nitrogens with one attached hydrogen (secondary N) is 1. The molecular weight excluding hydrogens is 429 g/mol. The van der Waals surface area contributed by atoms with E-state index in [4.69, 9.17) is 4.74 Å². The first-order chi connectivity index (χ1) is 15.4. The predicted octanol–water partition coefficient (Wildman–Crippen LogP) is 3.31. The van der Waals surface area contributed by atoms with Gasteiger partial charge in [-0.25, -0.2) is 22.2 Å². The van der Waals surface area contributed by atoms with Crippen LogP contribution >= 0.6 is 0 Å². The van der Waals surface area contributed by atoms with Crippen LogP contribution in [0, 0.1) is 17.7 Å². The van der Waals surface area contributed by atoms with Crippen molar-refractivity contribution in [2.75, 3.05) is 0 Å². The summed E-state index contributed by atoms with van der Waals surface area (Å²) in [6, 6.07) is 12.8. The van der Waals surface area contributed by atoms with Crippen LogP contribution < -0.4 is 4.72 Å². The average Bonchev–Trinajstić information content (AvgIpc) is 3.51. The highest BCUT2D eigenvalue weighted by molar-refractivity contribution is 7.89. The molecule has 0 saturated heterocycles. The molecule has 1 aromatic heterocycles. The molecule has 1 atom stereocenters. The lowest BCUT2D eigenvalue weighted by atomic mass is 10.1. The number of halogens is 1. The van der Waals surface area contributed by atoms with E-state index < -0.39 is 10.0 Å². The molecule has 5 rings (SSSR count). The van der Waals surface area contributed by atoms with Gasteiger partial charge in [0.25, 0.3) is 0 Å². The monoisotopic (exact) mass is 451 g/mol. The Morgan fingerprint density at radius 1 is 1.09 bits per heavy atom. The van der Waals surface area contributed by atoms with Crippen LogP contribution in [-0.2, 0) is 27.8 Å². The van der Waals surface area contributed by atoms with Gasteiger partial charge in [-0.15, -0.1) is 0 Å². The summed E-state index contributed by atoms with van der Waals surface area (Å²) < 4.78 is 48.3. The van der Waals surface area contributed by atoms with Crippen LogP contribution in [0.25, 0.3) is 5.69 Å². The molecule has 1 aliphatic carbocycles. The van der Waals surface area contributed by atoms with Crippen molar-refractivity contribution < 1.29 is 17.5 Å². The first-order valence-corrected chi connectivity index (χ1v) is 12.0. The molecule has 32 heavy (non-hydrogen) atoms. The van der Waals surface area contributed by atoms with Gasteiger partial charge in [0.2, 0.25) is 10.0 Å². The van der Waals surface area contributed by atoms with Gasteiger partial charge in [0.05, 0.1) is 29.0 Å². The number of hydrogen-bond donors (Lipinski definition) is 1. The SMILES string of the molecule is C[C@H]1Cc2c(c(C#Cc3ccc(S(=O)(=O)NC4CC4)cc3)nn2-c2ccc(F)cc2)CO1. The molecule has 1 fully saturated rings. The number of aromatic nitrogens is 2. The minimum absolute atomic E-state index is 0.0537. The Morgan fingerprint density at radius 3 is 2.50 bits per heavy atom. The van der Waals surface area contributed by atoms with Crippen molar-refractivity contribution >= 4 is 10.0 Å². The summed E-state index contributed by atoms with van der Waals surface area (Å²) in [5.41, 5.74) is 3.98. The summed E-state index contributed by atoms with van der Waals surface area (Å²) >= 11 is 0. The first kappa shape index (κ1) is 20.9. The van der Waals surface area contributed by atoms with Gasteiger partial charge in [-0.1, -0.05) is 5.92 Å². The molecule has 3 aromatic rings. The van der Waals surface area contributed by atoms with Crippen molar-refractivity contribution in [2.24, 2.45) is 0 Å². The number of nitrogens with zero attached hydrogens (tertiary/aromatic N) is 2. The van der Waals surface area contributed by atoms with Crippen molar-refractivity contribution in [1.29, 1.82) is 0 Å². The summed E-state index contributed by atoms with van der Waals surface area (Å²) in [5, 5.41) is 4.67. The Kier molecular flexibility index (Phi) is 5.33. The van der Waals surface area contributed by atoms with Crippen molar-refractivity contribution in [2.45, 2.75) is 49.8 Å². The third-order valence-electron chi connectivity index (χ3n) is 5.54. The number of hydrogen-bond acceptors (Lipinski definition) is 4. The maximum Gasteiger partial charge on any atom is 0.240 e. The fourth-order valence-electron chi connectivity index (χ4n) is 3.64. The molecule has 0 unspecified atom stereocenters. The van der Waals surface area contributed by atoms with Crippen molar-refractivity contribution in [1.82, 2.24) is 14.5 Å². The fourth-order valence-corrected chi connectivity index (χ4v) is 4.94. The van der Waals surface area contributed by atoms with E-state index in [1.54, 1.807) is 41.1 Å². The zero-order valence-corrected chi connectivity index (χ0v) is 18.3. The summed E-state index contributed by atoms with van der Waals surface area (Å²) in [5.74, 6) is 5.87. The minimum atomic E-state index is -3.49. The van der Waals surface area contributed by atoms with Gasteiger partial charge in [-0.2, -0.15) is 5.10 Å². The quantitative estimate of drug-likeness (QED) is 0.618. The Morgan fingerprint density at radius 2 is 1.81 bits per heavy atom. The second-order valence-electron chi connectivity index (χ2n) is 8.16. The Bertz CT molecular complexity index is 1320. The highest BCUT2D eigenvalue weighted by Crippen LogP contribution is 2.26. The molecule has 0 bridgehead atoms. The number of fused-ring (bicyclic) bond motifs is 1. The molecular formula is C24H22FN3O3S. The van der Waals surface area contributed by atoms with Crippen molar-refractivity contribution in [3.63, 3.8) is 0 Å². The number of benzene rings is 2. The van der Waals surface area contributed by atoms with Crippen LogP contribution in [-0.4, -0.2) is 30.3 Å². The van der Waals surface area contributed by atoms with Crippen molar-refractivity contribution in [3.8, 4) is 17.5 Å². The third kappa shape index (κ3) is 4.32. The molecule has 0 radical (unpaired) electrons. The Labute approximate surface area is 186 Å². The van der Waals surface area contributed by atoms with E-state index in [2.05, 4.69) is 21.7 Å². The number of sulfonamides is 1. The van der Waals surface area contributed by atoms with Gasteiger partial charge >= 0.3 is 0 Å². The summed E-state index contributed by atoms with van der Waals surface area (Å²) in [7, 11) is -3.49. The van der Waals surface area contributed by atoms with E-state index >= 15 is 0 Å². The molecule has 1 saturated carbocycles. The number of rotatable bonds is 4. The van der Waals surface area contributed by atoms with Crippen LogP contribution in [0.3, 0.4) is 0 Å². The van der Waals surface area contributed by atoms with Crippen LogP contribution in [0.2, 0.25) is 0 Å². The topological polar surface area (TPSA) is 73.2 Å². The normalized spacial score (nSPS) is 18.0. The van der Waals surface area contributed by atoms with Crippen LogP contribution in [0.4, 0.5) is 4.39 Å². The Hall–Kier alpha value is -2.99. The van der Waals surface area contributed by atoms with E-state index in [1.165, 1.54) is 12.1 Å². The van der Waals surface area contributed by atoms with Crippen LogP contribution in [0.5, 0.6) is 0 Å². The lowest BCUT2D eigenvalue weighted by Crippen LogP contribution is -2.25. The van der Waals surface area contributed by atoms with Crippen LogP contribution in [0.15, 0.2) is 53.4 Å². The van der Waals surface area contributed by atoms with E-state index in [1.807, 2.05) is 6.92 Å². The average molecular weight is 452 g/mol. The lowest BCUT2D eigenvalue weighted by Gasteiger charge is -2.20. The zero-order valence-electron chi connectivity index (χ0n) is 17.5. The summed E-state index contributed by atoms with van der Waals surface area (Å²) in [4.78, 5) is 0.232. The largest absolute Gasteiger partial charge is 0.373 e. The maximum absolute atomic E-state index is 13.4. The molecule has 0 spiro atoms. The zero-order chi connectivity index (χ0) is 22.3. The molecule has 8 heteroatoms. The standard InChI is InChI=1S/C24H22FN3O3S/c1-16-14-24-22(15-31-16)23(26-28(24)20-9-5-18(25)6-10-20)13-4-17-2-11-21(12-3-17)32(29,30)27-19-7-8-19/h2-3,5-6,9-12,16,19,27H,7-8,14-15H2,1H3/t16-/m0/s1. The molecule has 6 nitrogen and oxygen atoms in total.